The van der Waals surface area contributed by atoms with Crippen molar-refractivity contribution in [3.05, 3.63) is 16.1 Å². The number of nitrogens with two attached hydrogens (primary N) is 2. The van der Waals surface area contributed by atoms with Crippen molar-refractivity contribution in [3.63, 3.8) is 0 Å². The number of rotatable bonds is 6. The molecular formula is C17H19ClN4O6S2. The zero-order valence-corrected chi connectivity index (χ0v) is 18.3. The lowest BCUT2D eigenvalue weighted by Gasteiger charge is -2.55. The fraction of sp³-hybridized carbons (Fsp3) is 0.471. The zero-order valence-electron chi connectivity index (χ0n) is 16.0. The second-order valence-corrected chi connectivity index (χ2v) is 9.77. The van der Waals surface area contributed by atoms with Crippen LogP contribution >= 0.6 is 34.7 Å². The van der Waals surface area contributed by atoms with Crippen LogP contribution in [-0.2, 0) is 23.9 Å². The SMILES string of the molecule is CC=C(C(=O)C1C(=O)N2CC(COC(C)=O)(C(=O)O)C(N)S[C@H]12)c1nc(N)sc1Cl. The number of aromatic nitrogens is 1. The minimum atomic E-state index is -1.67. The number of halogens is 1. The molecule has 2 aliphatic rings. The standard InChI is InChI=1S/C17H19ClN4O6S2/c1-3-7(9-11(18)29-16(20)21-9)10(24)8-12(25)22-4-17(15(26)27,5-28-6(2)23)14(19)30-13(8)22/h3,8,13-14H,4-5,19H2,1-2H3,(H2,20,21)(H,26,27)/t8?,13-,14?,17?/m1/s1. The van der Waals surface area contributed by atoms with Crippen LogP contribution in [0.15, 0.2) is 6.08 Å². The summed E-state index contributed by atoms with van der Waals surface area (Å²) in [6.45, 7) is 2.02. The number of allylic oxidation sites excluding steroid dienone is 2. The highest BCUT2D eigenvalue weighted by Gasteiger charge is 2.63. The van der Waals surface area contributed by atoms with Crippen molar-refractivity contribution >= 4 is 69.0 Å². The molecule has 0 aromatic carbocycles. The molecule has 0 radical (unpaired) electrons. The van der Waals surface area contributed by atoms with Crippen LogP contribution in [0.25, 0.3) is 5.57 Å². The number of thioether (sulfide) groups is 1. The molecule has 3 unspecified atom stereocenters. The van der Waals surface area contributed by atoms with E-state index in [2.05, 4.69) is 4.98 Å². The molecule has 2 fully saturated rings. The highest BCUT2D eigenvalue weighted by molar-refractivity contribution is 8.00. The number of anilines is 1. The summed E-state index contributed by atoms with van der Waals surface area (Å²) in [5.41, 5.74) is 10.5. The largest absolute Gasteiger partial charge is 0.481 e. The first kappa shape index (κ1) is 22.5. The molecule has 162 valence electrons. The van der Waals surface area contributed by atoms with Gasteiger partial charge in [-0.1, -0.05) is 29.0 Å². The summed E-state index contributed by atoms with van der Waals surface area (Å²) in [4.78, 5) is 54.4. The van der Waals surface area contributed by atoms with Gasteiger partial charge in [0.2, 0.25) is 5.91 Å². The Morgan fingerprint density at radius 3 is 2.63 bits per heavy atom. The Morgan fingerprint density at radius 2 is 2.13 bits per heavy atom. The number of ketones is 1. The Morgan fingerprint density at radius 1 is 1.47 bits per heavy atom. The molecule has 30 heavy (non-hydrogen) atoms. The van der Waals surface area contributed by atoms with E-state index >= 15 is 0 Å². The van der Waals surface area contributed by atoms with Crippen LogP contribution in [0, 0.1) is 11.3 Å². The minimum absolute atomic E-state index is 0.162. The van der Waals surface area contributed by atoms with Gasteiger partial charge in [-0.2, -0.15) is 0 Å². The Kier molecular flexibility index (Phi) is 6.14. The van der Waals surface area contributed by atoms with Gasteiger partial charge in [0.15, 0.2) is 10.9 Å². The molecule has 0 spiro atoms. The van der Waals surface area contributed by atoms with Crippen molar-refractivity contribution in [3.8, 4) is 0 Å². The maximum absolute atomic E-state index is 13.1. The van der Waals surface area contributed by atoms with Gasteiger partial charge in [0.1, 0.15) is 28.0 Å². The van der Waals surface area contributed by atoms with Crippen molar-refractivity contribution in [2.24, 2.45) is 17.1 Å². The monoisotopic (exact) mass is 474 g/mol. The average Bonchev–Trinajstić information content (AvgIpc) is 2.99. The van der Waals surface area contributed by atoms with Crippen LogP contribution in [0.4, 0.5) is 5.13 Å². The number of carbonyl (C=O) groups is 4. The lowest BCUT2D eigenvalue weighted by atomic mass is 9.82. The number of fused-ring (bicyclic) bond motifs is 1. The lowest BCUT2D eigenvalue weighted by molar-refractivity contribution is -0.168. The Balaban J connectivity index is 1.84. The molecule has 2 saturated heterocycles. The molecule has 2 aliphatic heterocycles. The second kappa shape index (κ2) is 8.17. The number of thiazole rings is 1. The summed E-state index contributed by atoms with van der Waals surface area (Å²) in [6, 6.07) is 0. The number of carboxylic acids is 1. The van der Waals surface area contributed by atoms with Crippen LogP contribution in [0.1, 0.15) is 19.5 Å². The van der Waals surface area contributed by atoms with E-state index in [-0.39, 0.29) is 27.3 Å². The van der Waals surface area contributed by atoms with Crippen LogP contribution in [0.2, 0.25) is 4.34 Å². The summed E-state index contributed by atoms with van der Waals surface area (Å²) >= 11 is 8.11. The minimum Gasteiger partial charge on any atom is -0.481 e. The second-order valence-electron chi connectivity index (χ2n) is 6.87. The molecule has 3 heterocycles. The van der Waals surface area contributed by atoms with Crippen molar-refractivity contribution in [2.75, 3.05) is 18.9 Å². The quantitative estimate of drug-likeness (QED) is 0.232. The van der Waals surface area contributed by atoms with E-state index < -0.39 is 52.3 Å². The summed E-state index contributed by atoms with van der Waals surface area (Å²) in [6.07, 6.45) is 1.51. The van der Waals surface area contributed by atoms with Gasteiger partial charge in [-0.05, 0) is 6.92 Å². The van der Waals surface area contributed by atoms with Gasteiger partial charge in [-0.15, -0.1) is 11.8 Å². The van der Waals surface area contributed by atoms with E-state index in [0.29, 0.717) is 0 Å². The van der Waals surface area contributed by atoms with Gasteiger partial charge in [-0.3, -0.25) is 19.2 Å². The molecule has 3 rings (SSSR count). The summed E-state index contributed by atoms with van der Waals surface area (Å²) in [7, 11) is 0. The third-order valence-electron chi connectivity index (χ3n) is 5.08. The molecule has 0 saturated carbocycles. The van der Waals surface area contributed by atoms with Crippen molar-refractivity contribution < 1.29 is 29.0 Å². The highest BCUT2D eigenvalue weighted by atomic mass is 35.5. The number of nitrogen functional groups attached to an aromatic ring is 1. The van der Waals surface area contributed by atoms with E-state index in [9.17, 15) is 24.3 Å². The number of carbonyl (C=O) groups excluding carboxylic acids is 3. The number of amides is 1. The summed E-state index contributed by atoms with van der Waals surface area (Å²) in [5, 5.41) is 8.27. The molecule has 10 nitrogen and oxygen atoms in total. The molecule has 5 N–H and O–H groups in total. The predicted molar refractivity (Wildman–Crippen MR) is 111 cm³/mol. The van der Waals surface area contributed by atoms with Crippen LogP contribution in [0.5, 0.6) is 0 Å². The number of carboxylic acid groups (broad SMARTS) is 1. The smallest absolute Gasteiger partial charge is 0.317 e. The molecule has 0 aliphatic carbocycles. The van der Waals surface area contributed by atoms with Crippen molar-refractivity contribution in [1.29, 1.82) is 0 Å². The van der Waals surface area contributed by atoms with Crippen LogP contribution in [0.3, 0.4) is 0 Å². The number of hydrogen-bond donors (Lipinski definition) is 3. The number of hydrogen-bond acceptors (Lipinski definition) is 10. The fourth-order valence-electron chi connectivity index (χ4n) is 3.42. The normalized spacial score (nSPS) is 28.5. The van der Waals surface area contributed by atoms with E-state index in [4.69, 9.17) is 27.8 Å². The zero-order chi connectivity index (χ0) is 22.4. The van der Waals surface area contributed by atoms with Gasteiger partial charge in [0.05, 0.1) is 10.7 Å². The lowest BCUT2D eigenvalue weighted by Crippen LogP contribution is -2.72. The maximum atomic E-state index is 13.1. The number of Topliss-reactive ketones (excluding diaryl/α,β-unsaturated/α-hetero) is 1. The van der Waals surface area contributed by atoms with Crippen molar-refractivity contribution in [2.45, 2.75) is 24.6 Å². The molecule has 13 heteroatoms. The average molecular weight is 475 g/mol. The number of esters is 1. The molecule has 1 aromatic heterocycles. The molecule has 1 amide bonds. The van der Waals surface area contributed by atoms with Crippen LogP contribution in [-0.4, -0.2) is 62.5 Å². The van der Waals surface area contributed by atoms with Crippen LogP contribution < -0.4 is 11.5 Å². The number of aliphatic carboxylic acids is 1. The van der Waals surface area contributed by atoms with E-state index in [1.165, 1.54) is 11.0 Å². The third kappa shape index (κ3) is 3.57. The number of β-lactam (4-membered cyclic amide) rings is 1. The van der Waals surface area contributed by atoms with Crippen molar-refractivity contribution in [1.82, 2.24) is 9.88 Å². The predicted octanol–water partition coefficient (Wildman–Crippen LogP) is 0.801. The maximum Gasteiger partial charge on any atom is 0.317 e. The Hall–Kier alpha value is -2.15. The third-order valence-corrected chi connectivity index (χ3v) is 7.71. The summed E-state index contributed by atoms with van der Waals surface area (Å²) < 4.78 is 5.14. The van der Waals surface area contributed by atoms with Gasteiger partial charge in [-0.25, -0.2) is 4.98 Å². The molecule has 0 bridgehead atoms. The summed E-state index contributed by atoms with van der Waals surface area (Å²) in [5.74, 6) is -4.01. The topological polar surface area (TPSA) is 166 Å². The first-order chi connectivity index (χ1) is 14.0. The van der Waals surface area contributed by atoms with E-state index in [1.807, 2.05) is 0 Å². The first-order valence-electron chi connectivity index (χ1n) is 8.74. The van der Waals surface area contributed by atoms with Gasteiger partial charge in [0.25, 0.3) is 0 Å². The first-order valence-corrected chi connectivity index (χ1v) is 10.9. The molecular weight excluding hydrogens is 456 g/mol. The van der Waals surface area contributed by atoms with Gasteiger partial charge < -0.3 is 26.2 Å². The molecule has 4 atom stereocenters. The van der Waals surface area contributed by atoms with E-state index in [0.717, 1.165) is 30.0 Å². The number of nitrogens with zero attached hydrogens (tertiary/aromatic N) is 2. The van der Waals surface area contributed by atoms with Gasteiger partial charge >= 0.3 is 11.9 Å². The molecule has 1 aromatic rings. The fourth-order valence-corrected chi connectivity index (χ4v) is 5.90. The highest BCUT2D eigenvalue weighted by Crippen LogP contribution is 2.49. The Labute approximate surface area is 184 Å². The van der Waals surface area contributed by atoms with Gasteiger partial charge in [0, 0.05) is 19.0 Å². The van der Waals surface area contributed by atoms with E-state index in [1.54, 1.807) is 6.92 Å². The Bertz CT molecular complexity index is 966. The number of ether oxygens (including phenoxy) is 1.